The molecule has 0 saturated carbocycles. The molecule has 0 unspecified atom stereocenters. The lowest BCUT2D eigenvalue weighted by molar-refractivity contribution is 0.0955. The Balaban J connectivity index is 2.20. The molecule has 2 rings (SSSR count). The first kappa shape index (κ1) is 18.9. The minimum absolute atomic E-state index is 0.220. The molecule has 6 nitrogen and oxygen atoms in total. The number of amides is 1. The number of benzene rings is 2. The van der Waals surface area contributed by atoms with Crippen molar-refractivity contribution in [3.8, 4) is 17.2 Å². The smallest absolute Gasteiger partial charge is 0.271 e. The molecule has 2 aromatic carbocycles. The topological polar surface area (TPSA) is 69.2 Å². The van der Waals surface area contributed by atoms with E-state index in [4.69, 9.17) is 37.4 Å². The molecule has 0 aliphatic rings. The lowest BCUT2D eigenvalue weighted by atomic mass is 10.2. The number of carbonyl (C=O) groups excluding carboxylic acids is 1. The van der Waals surface area contributed by atoms with Crippen LogP contribution in [0.5, 0.6) is 17.2 Å². The summed E-state index contributed by atoms with van der Waals surface area (Å²) in [4.78, 5) is 12.1. The fourth-order valence-electron chi connectivity index (χ4n) is 2.08. The summed E-state index contributed by atoms with van der Waals surface area (Å²) in [6.07, 6.45) is 1.38. The van der Waals surface area contributed by atoms with Gasteiger partial charge < -0.3 is 14.2 Å². The maximum absolute atomic E-state index is 12.1. The molecule has 0 aliphatic heterocycles. The summed E-state index contributed by atoms with van der Waals surface area (Å²) in [5, 5.41) is 4.44. The average Bonchev–Trinajstić information content (AvgIpc) is 2.62. The van der Waals surface area contributed by atoms with Gasteiger partial charge in [0.1, 0.15) is 16.5 Å². The minimum Gasteiger partial charge on any atom is -0.497 e. The maximum Gasteiger partial charge on any atom is 0.271 e. The van der Waals surface area contributed by atoms with Crippen molar-refractivity contribution in [3.63, 3.8) is 0 Å². The van der Waals surface area contributed by atoms with Crippen LogP contribution >= 0.6 is 23.2 Å². The predicted molar refractivity (Wildman–Crippen MR) is 97.6 cm³/mol. The number of hydrogen-bond donors (Lipinski definition) is 1. The Morgan fingerprint density at radius 3 is 2.44 bits per heavy atom. The van der Waals surface area contributed by atoms with E-state index in [0.29, 0.717) is 33.4 Å². The van der Waals surface area contributed by atoms with Gasteiger partial charge in [-0.25, -0.2) is 5.43 Å². The van der Waals surface area contributed by atoms with E-state index in [1.807, 2.05) is 0 Å². The van der Waals surface area contributed by atoms with E-state index in [1.165, 1.54) is 27.5 Å². The number of methoxy groups -OCH3 is 3. The Bertz CT molecular complexity index is 809. The Morgan fingerprint density at radius 1 is 1.08 bits per heavy atom. The summed E-state index contributed by atoms with van der Waals surface area (Å²) in [6, 6.07) is 8.28. The van der Waals surface area contributed by atoms with Crippen LogP contribution in [0.3, 0.4) is 0 Å². The first-order valence-electron chi connectivity index (χ1n) is 7.09. The Morgan fingerprint density at radius 2 is 1.80 bits per heavy atom. The summed E-state index contributed by atoms with van der Waals surface area (Å²) in [5.74, 6) is 0.826. The largest absolute Gasteiger partial charge is 0.497 e. The number of carbonyl (C=O) groups is 1. The molecule has 0 aromatic heterocycles. The molecular weight excluding hydrogens is 367 g/mol. The van der Waals surface area contributed by atoms with Crippen LogP contribution in [0.2, 0.25) is 10.0 Å². The summed E-state index contributed by atoms with van der Waals surface area (Å²) >= 11 is 12.3. The number of hydrazone groups is 1. The highest BCUT2D eigenvalue weighted by molar-refractivity contribution is 6.38. The summed E-state index contributed by atoms with van der Waals surface area (Å²) < 4.78 is 15.5. The SMILES string of the molecule is COc1cccc(C(=O)N/N=C/c2cc(Cl)c(OC)c(Cl)c2OC)c1. The van der Waals surface area contributed by atoms with E-state index < -0.39 is 0 Å². The van der Waals surface area contributed by atoms with Gasteiger partial charge >= 0.3 is 0 Å². The quantitative estimate of drug-likeness (QED) is 0.609. The fourth-order valence-corrected chi connectivity index (χ4v) is 2.78. The Hall–Kier alpha value is -2.44. The van der Waals surface area contributed by atoms with Crippen molar-refractivity contribution in [3.05, 3.63) is 51.5 Å². The number of halogens is 2. The van der Waals surface area contributed by atoms with Crippen LogP contribution in [0.15, 0.2) is 35.4 Å². The van der Waals surface area contributed by atoms with Crippen LogP contribution in [0.4, 0.5) is 0 Å². The van der Waals surface area contributed by atoms with Crippen molar-refractivity contribution in [1.82, 2.24) is 5.43 Å². The van der Waals surface area contributed by atoms with Gasteiger partial charge in [-0.3, -0.25) is 4.79 Å². The van der Waals surface area contributed by atoms with E-state index in [9.17, 15) is 4.79 Å². The van der Waals surface area contributed by atoms with Crippen molar-refractivity contribution >= 4 is 35.3 Å². The predicted octanol–water partition coefficient (Wildman–Crippen LogP) is 3.78. The Kier molecular flexibility index (Phi) is 6.50. The molecule has 0 saturated heterocycles. The van der Waals surface area contributed by atoms with Crippen molar-refractivity contribution in [2.24, 2.45) is 5.10 Å². The van der Waals surface area contributed by atoms with E-state index >= 15 is 0 Å². The summed E-state index contributed by atoms with van der Waals surface area (Å²) in [6.45, 7) is 0. The van der Waals surface area contributed by atoms with Crippen LogP contribution < -0.4 is 19.6 Å². The van der Waals surface area contributed by atoms with Crippen molar-refractivity contribution < 1.29 is 19.0 Å². The van der Waals surface area contributed by atoms with Crippen molar-refractivity contribution in [2.75, 3.05) is 21.3 Å². The van der Waals surface area contributed by atoms with Crippen LogP contribution in [0.1, 0.15) is 15.9 Å². The highest BCUT2D eigenvalue weighted by Gasteiger charge is 2.16. The number of nitrogens with one attached hydrogen (secondary N) is 1. The molecule has 1 N–H and O–H groups in total. The molecule has 0 spiro atoms. The average molecular weight is 383 g/mol. The van der Waals surface area contributed by atoms with Crippen molar-refractivity contribution in [1.29, 1.82) is 0 Å². The second kappa shape index (κ2) is 8.60. The normalized spacial score (nSPS) is 10.6. The van der Waals surface area contributed by atoms with Gasteiger partial charge in [0.05, 0.1) is 32.6 Å². The van der Waals surface area contributed by atoms with Crippen LogP contribution in [0, 0.1) is 0 Å². The molecule has 0 heterocycles. The summed E-state index contributed by atoms with van der Waals surface area (Å²) in [7, 11) is 4.44. The van der Waals surface area contributed by atoms with Gasteiger partial charge in [0.15, 0.2) is 5.75 Å². The monoisotopic (exact) mass is 382 g/mol. The second-order valence-electron chi connectivity index (χ2n) is 4.76. The molecule has 1 amide bonds. The molecule has 0 bridgehead atoms. The molecule has 0 fully saturated rings. The highest BCUT2D eigenvalue weighted by atomic mass is 35.5. The van der Waals surface area contributed by atoms with Gasteiger partial charge in [0.2, 0.25) is 0 Å². The van der Waals surface area contributed by atoms with Crippen LogP contribution in [-0.4, -0.2) is 33.5 Å². The number of hydrogen-bond acceptors (Lipinski definition) is 5. The zero-order valence-corrected chi connectivity index (χ0v) is 15.3. The van der Waals surface area contributed by atoms with Gasteiger partial charge in [-0.05, 0) is 24.3 Å². The summed E-state index contributed by atoms with van der Waals surface area (Å²) in [5.41, 5.74) is 3.32. The van der Waals surface area contributed by atoms with E-state index in [1.54, 1.807) is 30.3 Å². The maximum atomic E-state index is 12.1. The molecule has 8 heteroatoms. The van der Waals surface area contributed by atoms with Crippen LogP contribution in [0.25, 0.3) is 0 Å². The van der Waals surface area contributed by atoms with Gasteiger partial charge in [0, 0.05) is 11.1 Å². The standard InChI is InChI=1S/C17H16Cl2N2O4/c1-23-12-6-4-5-10(7-12)17(22)21-20-9-11-8-13(18)16(25-3)14(19)15(11)24-2/h4-9H,1-3H3,(H,21,22)/b20-9+. The van der Waals surface area contributed by atoms with Crippen LogP contribution in [-0.2, 0) is 0 Å². The van der Waals surface area contributed by atoms with Crippen molar-refractivity contribution in [2.45, 2.75) is 0 Å². The molecule has 25 heavy (non-hydrogen) atoms. The molecule has 0 atom stereocenters. The molecule has 2 aromatic rings. The van der Waals surface area contributed by atoms with Gasteiger partial charge in [0.25, 0.3) is 5.91 Å². The molecule has 0 aliphatic carbocycles. The molecule has 132 valence electrons. The lowest BCUT2D eigenvalue weighted by Gasteiger charge is -2.12. The highest BCUT2D eigenvalue weighted by Crippen LogP contribution is 2.41. The van der Waals surface area contributed by atoms with E-state index in [0.717, 1.165) is 0 Å². The number of ether oxygens (including phenoxy) is 3. The Labute approximate surface area is 155 Å². The van der Waals surface area contributed by atoms with E-state index in [2.05, 4.69) is 10.5 Å². The second-order valence-corrected chi connectivity index (χ2v) is 5.54. The molecule has 0 radical (unpaired) electrons. The fraction of sp³-hybridized carbons (Fsp3) is 0.176. The zero-order chi connectivity index (χ0) is 18.4. The molecular formula is C17H16Cl2N2O4. The third-order valence-electron chi connectivity index (χ3n) is 3.27. The minimum atomic E-state index is -0.389. The number of rotatable bonds is 6. The third-order valence-corrected chi connectivity index (χ3v) is 3.89. The van der Waals surface area contributed by atoms with Gasteiger partial charge in [-0.2, -0.15) is 5.10 Å². The van der Waals surface area contributed by atoms with Gasteiger partial charge in [-0.1, -0.05) is 29.3 Å². The van der Waals surface area contributed by atoms with E-state index in [-0.39, 0.29) is 10.9 Å². The lowest BCUT2D eigenvalue weighted by Crippen LogP contribution is -2.17. The van der Waals surface area contributed by atoms with Gasteiger partial charge in [-0.15, -0.1) is 0 Å². The zero-order valence-electron chi connectivity index (χ0n) is 13.8. The first-order valence-corrected chi connectivity index (χ1v) is 7.84. The number of nitrogens with zero attached hydrogens (tertiary/aromatic N) is 1. The first-order chi connectivity index (χ1) is 12.0. The third kappa shape index (κ3) is 4.35.